The molecule has 2 atom stereocenters. The summed E-state index contributed by atoms with van der Waals surface area (Å²) in [5, 5.41) is 5.68. The maximum atomic E-state index is 14.8. The summed E-state index contributed by atoms with van der Waals surface area (Å²) in [6.45, 7) is 2.44. The van der Waals surface area contributed by atoms with Crippen LogP contribution in [-0.2, 0) is 4.74 Å². The summed E-state index contributed by atoms with van der Waals surface area (Å²) in [7, 11) is 0. The third kappa shape index (κ3) is 3.74. The minimum absolute atomic E-state index is 0.107. The summed E-state index contributed by atoms with van der Waals surface area (Å²) in [6.07, 6.45) is 9.10. The number of fused-ring (bicyclic) bond motifs is 1. The second-order valence-electron chi connectivity index (χ2n) is 9.45. The normalized spacial score (nSPS) is 20.7. The van der Waals surface area contributed by atoms with Gasteiger partial charge < -0.3 is 9.30 Å². The maximum Gasteiger partial charge on any atom is 0.258 e. The summed E-state index contributed by atoms with van der Waals surface area (Å²) in [6, 6.07) is 9.54. The molecule has 6 rings (SSSR count). The molecule has 0 amide bonds. The van der Waals surface area contributed by atoms with Gasteiger partial charge in [-0.15, -0.1) is 0 Å². The Bertz CT molecular complexity index is 1450. The van der Waals surface area contributed by atoms with Crippen LogP contribution in [-0.4, -0.2) is 21.0 Å². The molecule has 0 radical (unpaired) electrons. The zero-order chi connectivity index (χ0) is 23.4. The lowest BCUT2D eigenvalue weighted by Crippen LogP contribution is -2.30. The van der Waals surface area contributed by atoms with Crippen molar-refractivity contribution in [1.82, 2.24) is 14.3 Å². The number of aryl methyl sites for hydroxylation is 1. The fourth-order valence-corrected chi connectivity index (χ4v) is 4.99. The predicted molar refractivity (Wildman–Crippen MR) is 126 cm³/mol. The Labute approximate surface area is 195 Å². The molecular weight excluding hydrogens is 436 g/mol. The second kappa shape index (κ2) is 8.17. The zero-order valence-electron chi connectivity index (χ0n) is 18.9. The van der Waals surface area contributed by atoms with Crippen molar-refractivity contribution in [1.29, 1.82) is 0 Å². The number of benzene rings is 2. The SMILES string of the molecule is Cc1ccc2c(-c3ccc(F)cc3F)cn([C@H]3CCO[C@@H](c4cnn(C5CC5)c4)C3)c(=O)c2c1. The molecule has 0 spiro atoms. The van der Waals surface area contributed by atoms with Crippen LogP contribution >= 0.6 is 0 Å². The lowest BCUT2D eigenvalue weighted by molar-refractivity contribution is -0.00759. The molecule has 0 bridgehead atoms. The van der Waals surface area contributed by atoms with E-state index in [-0.39, 0.29) is 23.3 Å². The van der Waals surface area contributed by atoms with E-state index >= 15 is 0 Å². The minimum Gasteiger partial charge on any atom is -0.373 e. The Morgan fingerprint density at radius 2 is 1.82 bits per heavy atom. The van der Waals surface area contributed by atoms with Crippen LogP contribution < -0.4 is 5.56 Å². The van der Waals surface area contributed by atoms with E-state index in [0.717, 1.165) is 30.0 Å². The number of pyridine rings is 1. The first kappa shape index (κ1) is 21.2. The molecule has 2 aliphatic rings. The van der Waals surface area contributed by atoms with Crippen LogP contribution in [0.15, 0.2) is 59.8 Å². The fourth-order valence-electron chi connectivity index (χ4n) is 4.99. The van der Waals surface area contributed by atoms with Crippen molar-refractivity contribution < 1.29 is 13.5 Å². The molecule has 0 unspecified atom stereocenters. The smallest absolute Gasteiger partial charge is 0.258 e. The van der Waals surface area contributed by atoms with E-state index in [4.69, 9.17) is 4.74 Å². The highest BCUT2D eigenvalue weighted by Gasteiger charge is 2.30. The fraction of sp³-hybridized carbons (Fsp3) is 0.333. The van der Waals surface area contributed by atoms with Crippen LogP contribution in [0.1, 0.15) is 55.0 Å². The Morgan fingerprint density at radius 3 is 2.62 bits per heavy atom. The molecule has 2 aromatic carbocycles. The highest BCUT2D eigenvalue weighted by atomic mass is 19.1. The number of rotatable bonds is 4. The first-order chi connectivity index (χ1) is 16.5. The van der Waals surface area contributed by atoms with Crippen LogP contribution in [0, 0.1) is 18.6 Å². The zero-order valence-corrected chi connectivity index (χ0v) is 18.9. The van der Waals surface area contributed by atoms with Crippen molar-refractivity contribution in [3.8, 4) is 11.1 Å². The Kier molecular flexibility index (Phi) is 5.10. The van der Waals surface area contributed by atoms with Gasteiger partial charge in [-0.05, 0) is 56.2 Å². The summed E-state index contributed by atoms with van der Waals surface area (Å²) >= 11 is 0. The first-order valence-corrected chi connectivity index (χ1v) is 11.7. The Balaban J connectivity index is 1.44. The van der Waals surface area contributed by atoms with E-state index in [1.165, 1.54) is 12.1 Å². The van der Waals surface area contributed by atoms with Crippen molar-refractivity contribution in [3.63, 3.8) is 0 Å². The maximum absolute atomic E-state index is 14.8. The average molecular weight is 462 g/mol. The van der Waals surface area contributed by atoms with Crippen molar-refractivity contribution >= 4 is 10.8 Å². The lowest BCUT2D eigenvalue weighted by atomic mass is 9.96. The number of hydrogen-bond donors (Lipinski definition) is 0. The van der Waals surface area contributed by atoms with E-state index in [1.807, 2.05) is 36.0 Å². The van der Waals surface area contributed by atoms with Crippen molar-refractivity contribution in [2.45, 2.75) is 50.8 Å². The van der Waals surface area contributed by atoms with Crippen LogP contribution in [0.4, 0.5) is 8.78 Å². The van der Waals surface area contributed by atoms with Gasteiger partial charge in [0.2, 0.25) is 0 Å². The van der Waals surface area contributed by atoms with Crippen LogP contribution in [0.25, 0.3) is 21.9 Å². The second-order valence-corrected chi connectivity index (χ2v) is 9.45. The molecule has 1 aliphatic heterocycles. The predicted octanol–water partition coefficient (Wildman–Crippen LogP) is 5.88. The number of ether oxygens (including phenoxy) is 1. The molecule has 34 heavy (non-hydrogen) atoms. The van der Waals surface area contributed by atoms with E-state index in [9.17, 15) is 13.6 Å². The van der Waals surface area contributed by atoms with Crippen LogP contribution in [0.2, 0.25) is 0 Å². The van der Waals surface area contributed by atoms with Gasteiger partial charge in [-0.2, -0.15) is 5.10 Å². The first-order valence-electron chi connectivity index (χ1n) is 11.7. The Morgan fingerprint density at radius 1 is 0.971 bits per heavy atom. The van der Waals surface area contributed by atoms with Gasteiger partial charge in [0.15, 0.2) is 0 Å². The van der Waals surface area contributed by atoms with Crippen molar-refractivity contribution in [2.24, 2.45) is 0 Å². The van der Waals surface area contributed by atoms with Gasteiger partial charge in [0.25, 0.3) is 5.56 Å². The molecule has 0 N–H and O–H groups in total. The summed E-state index contributed by atoms with van der Waals surface area (Å²) in [4.78, 5) is 13.6. The van der Waals surface area contributed by atoms with Gasteiger partial charge in [-0.25, -0.2) is 8.78 Å². The number of halogens is 2. The highest BCUT2D eigenvalue weighted by Crippen LogP contribution is 2.38. The summed E-state index contributed by atoms with van der Waals surface area (Å²) in [5.74, 6) is -1.28. The van der Waals surface area contributed by atoms with Gasteiger partial charge in [0, 0.05) is 53.2 Å². The molecule has 5 nitrogen and oxygen atoms in total. The van der Waals surface area contributed by atoms with E-state index in [0.29, 0.717) is 41.8 Å². The summed E-state index contributed by atoms with van der Waals surface area (Å²) in [5.41, 5.74) is 2.72. The lowest BCUT2D eigenvalue weighted by Gasteiger charge is -2.31. The largest absolute Gasteiger partial charge is 0.373 e. The third-order valence-electron chi connectivity index (χ3n) is 6.98. The van der Waals surface area contributed by atoms with Gasteiger partial charge in [-0.1, -0.05) is 17.7 Å². The molecular formula is C27H25F2N3O2. The minimum atomic E-state index is -0.649. The molecule has 2 fully saturated rings. The monoisotopic (exact) mass is 461 g/mol. The van der Waals surface area contributed by atoms with Gasteiger partial charge in [-0.3, -0.25) is 9.48 Å². The molecule has 174 valence electrons. The summed E-state index contributed by atoms with van der Waals surface area (Å²) < 4.78 is 38.2. The van der Waals surface area contributed by atoms with Gasteiger partial charge in [0.05, 0.1) is 18.3 Å². The van der Waals surface area contributed by atoms with E-state index in [1.54, 1.807) is 10.8 Å². The Hall–Kier alpha value is -3.32. The molecule has 4 aromatic rings. The van der Waals surface area contributed by atoms with E-state index in [2.05, 4.69) is 11.3 Å². The number of hydrogen-bond acceptors (Lipinski definition) is 3. The molecule has 1 aliphatic carbocycles. The van der Waals surface area contributed by atoms with E-state index < -0.39 is 11.6 Å². The third-order valence-corrected chi connectivity index (χ3v) is 6.98. The van der Waals surface area contributed by atoms with Crippen molar-refractivity contribution in [2.75, 3.05) is 6.61 Å². The highest BCUT2D eigenvalue weighted by molar-refractivity contribution is 5.96. The van der Waals surface area contributed by atoms with Gasteiger partial charge in [0.1, 0.15) is 11.6 Å². The number of aromatic nitrogens is 3. The topological polar surface area (TPSA) is 49.0 Å². The van der Waals surface area contributed by atoms with Gasteiger partial charge >= 0.3 is 0 Å². The average Bonchev–Trinajstić information content (AvgIpc) is 3.56. The number of nitrogens with zero attached hydrogens (tertiary/aromatic N) is 3. The molecule has 2 aromatic heterocycles. The van der Waals surface area contributed by atoms with Crippen molar-refractivity contribution in [3.05, 3.63) is 88.1 Å². The molecule has 1 saturated heterocycles. The molecule has 1 saturated carbocycles. The molecule has 3 heterocycles. The quantitative estimate of drug-likeness (QED) is 0.381. The van der Waals surface area contributed by atoms with Crippen LogP contribution in [0.5, 0.6) is 0 Å². The molecule has 7 heteroatoms. The standard InChI is InChI=1S/C27H25F2N3O2/c1-16-2-6-21-23(10-16)27(33)31(15-24(21)22-7-3-18(28)11-25(22)29)20-8-9-34-26(12-20)17-13-30-32(14-17)19-4-5-19/h2-3,6-7,10-11,13-15,19-20,26H,4-5,8-9,12H2,1H3/t20-,26+/m0/s1. The van der Waals surface area contributed by atoms with Crippen LogP contribution in [0.3, 0.4) is 0 Å².